The standard InChI is InChI=1S/C24H40O6/c1-14(13-24(6)23(30-24)17(4)21(28)18(5)25)8-7-9-15(2)22-16(3)10-11-19(29-22)12-20(26)27/h7-9,14,16-19,21-23,25,28H,10-13H2,1-6H3,(H,26,27). The summed E-state index contributed by atoms with van der Waals surface area (Å²) in [6.07, 6.45) is 7.09. The van der Waals surface area contributed by atoms with Gasteiger partial charge in [0.1, 0.15) is 0 Å². The Bertz CT molecular complexity index is 642. The largest absolute Gasteiger partial charge is 0.481 e. The van der Waals surface area contributed by atoms with Crippen LogP contribution >= 0.6 is 0 Å². The van der Waals surface area contributed by atoms with Crippen molar-refractivity contribution in [3.8, 4) is 0 Å². The van der Waals surface area contributed by atoms with Gasteiger partial charge in [0.25, 0.3) is 0 Å². The second-order valence-corrected chi connectivity index (χ2v) is 9.75. The molecule has 9 unspecified atom stereocenters. The zero-order chi connectivity index (χ0) is 22.6. The number of aliphatic hydroxyl groups excluding tert-OH is 2. The molecule has 0 spiro atoms. The number of hydrogen-bond donors (Lipinski definition) is 3. The lowest BCUT2D eigenvalue weighted by Gasteiger charge is -2.35. The Morgan fingerprint density at radius 1 is 1.23 bits per heavy atom. The van der Waals surface area contributed by atoms with Gasteiger partial charge in [-0.05, 0) is 57.4 Å². The summed E-state index contributed by atoms with van der Waals surface area (Å²) in [5, 5.41) is 28.7. The van der Waals surface area contributed by atoms with Crippen molar-refractivity contribution in [1.82, 2.24) is 0 Å². The number of hydrogen-bond acceptors (Lipinski definition) is 5. The lowest BCUT2D eigenvalue weighted by atomic mass is 9.86. The van der Waals surface area contributed by atoms with Crippen LogP contribution in [0.3, 0.4) is 0 Å². The first-order valence-electron chi connectivity index (χ1n) is 11.2. The topological polar surface area (TPSA) is 99.5 Å². The van der Waals surface area contributed by atoms with E-state index >= 15 is 0 Å². The molecule has 0 bridgehead atoms. The first kappa shape index (κ1) is 25.1. The normalized spacial score (nSPS) is 36.3. The molecule has 0 aromatic rings. The van der Waals surface area contributed by atoms with Crippen LogP contribution in [0.5, 0.6) is 0 Å². The van der Waals surface area contributed by atoms with Crippen molar-refractivity contribution in [2.45, 2.75) is 103 Å². The van der Waals surface area contributed by atoms with E-state index in [2.05, 4.69) is 32.9 Å². The summed E-state index contributed by atoms with van der Waals surface area (Å²) >= 11 is 0. The molecule has 2 saturated heterocycles. The number of epoxide rings is 1. The van der Waals surface area contributed by atoms with E-state index < -0.39 is 18.2 Å². The van der Waals surface area contributed by atoms with E-state index in [-0.39, 0.29) is 36.3 Å². The predicted molar refractivity (Wildman–Crippen MR) is 116 cm³/mol. The van der Waals surface area contributed by atoms with Crippen molar-refractivity contribution < 1.29 is 29.6 Å². The fourth-order valence-electron chi connectivity index (χ4n) is 4.81. The number of carbonyl (C=O) groups is 1. The summed E-state index contributed by atoms with van der Waals surface area (Å²) in [5.74, 6) is -0.257. The molecule has 2 heterocycles. The quantitative estimate of drug-likeness (QED) is 0.365. The van der Waals surface area contributed by atoms with E-state index in [1.165, 1.54) is 0 Å². The van der Waals surface area contributed by atoms with Gasteiger partial charge in [-0.2, -0.15) is 0 Å². The molecule has 0 aromatic heterocycles. The minimum atomic E-state index is -0.812. The van der Waals surface area contributed by atoms with Crippen LogP contribution in [0, 0.1) is 17.8 Å². The van der Waals surface area contributed by atoms with Crippen LogP contribution < -0.4 is 0 Å². The molecule has 0 amide bonds. The Hall–Kier alpha value is -1.21. The highest BCUT2D eigenvalue weighted by molar-refractivity contribution is 5.67. The molecule has 3 N–H and O–H groups in total. The molecule has 9 atom stereocenters. The lowest BCUT2D eigenvalue weighted by molar-refractivity contribution is -0.143. The summed E-state index contributed by atoms with van der Waals surface area (Å²) in [4.78, 5) is 11.0. The van der Waals surface area contributed by atoms with Crippen molar-refractivity contribution in [3.63, 3.8) is 0 Å². The summed E-state index contributed by atoms with van der Waals surface area (Å²) in [5.41, 5.74) is 0.838. The third-order valence-electron chi connectivity index (χ3n) is 6.63. The average Bonchev–Trinajstić information content (AvgIpc) is 3.31. The Morgan fingerprint density at radius 2 is 1.90 bits per heavy atom. The van der Waals surface area contributed by atoms with Gasteiger partial charge in [0, 0.05) is 5.92 Å². The molecule has 2 rings (SSSR count). The number of carboxylic acid groups (broad SMARTS) is 1. The Morgan fingerprint density at radius 3 is 2.50 bits per heavy atom. The van der Waals surface area contributed by atoms with Gasteiger partial charge in [0.2, 0.25) is 0 Å². The van der Waals surface area contributed by atoms with Gasteiger partial charge < -0.3 is 24.8 Å². The zero-order valence-corrected chi connectivity index (χ0v) is 19.2. The molecule has 30 heavy (non-hydrogen) atoms. The molecule has 172 valence electrons. The summed E-state index contributed by atoms with van der Waals surface area (Å²) in [7, 11) is 0. The van der Waals surface area contributed by atoms with Gasteiger partial charge in [-0.1, -0.05) is 39.0 Å². The van der Waals surface area contributed by atoms with Crippen LogP contribution in [0.1, 0.15) is 67.2 Å². The highest BCUT2D eigenvalue weighted by Crippen LogP contribution is 2.47. The summed E-state index contributed by atoms with van der Waals surface area (Å²) < 4.78 is 12.0. The van der Waals surface area contributed by atoms with Gasteiger partial charge >= 0.3 is 5.97 Å². The number of allylic oxidation sites excluding steroid dienone is 3. The van der Waals surface area contributed by atoms with E-state index in [1.54, 1.807) is 6.92 Å². The molecule has 0 saturated carbocycles. The van der Waals surface area contributed by atoms with Gasteiger partial charge in [0.05, 0.1) is 42.5 Å². The molecular weight excluding hydrogens is 384 g/mol. The van der Waals surface area contributed by atoms with Crippen molar-refractivity contribution in [1.29, 1.82) is 0 Å². The molecular formula is C24H40O6. The van der Waals surface area contributed by atoms with Crippen molar-refractivity contribution in [2.75, 3.05) is 0 Å². The molecule has 2 fully saturated rings. The van der Waals surface area contributed by atoms with E-state index in [0.717, 1.165) is 24.8 Å². The Balaban J connectivity index is 1.88. The zero-order valence-electron chi connectivity index (χ0n) is 19.2. The molecule has 0 aliphatic carbocycles. The molecule has 0 aromatic carbocycles. The Kier molecular flexibility index (Phi) is 8.69. The van der Waals surface area contributed by atoms with Gasteiger partial charge in [-0.25, -0.2) is 0 Å². The van der Waals surface area contributed by atoms with E-state index in [9.17, 15) is 15.0 Å². The van der Waals surface area contributed by atoms with Crippen LogP contribution in [-0.4, -0.2) is 57.4 Å². The second-order valence-electron chi connectivity index (χ2n) is 9.75. The number of rotatable bonds is 10. The Labute approximate surface area is 181 Å². The lowest BCUT2D eigenvalue weighted by Crippen LogP contribution is -2.35. The van der Waals surface area contributed by atoms with Gasteiger partial charge in [-0.3, -0.25) is 4.79 Å². The van der Waals surface area contributed by atoms with Gasteiger partial charge in [-0.15, -0.1) is 0 Å². The number of aliphatic carboxylic acids is 1. The monoisotopic (exact) mass is 424 g/mol. The van der Waals surface area contributed by atoms with Crippen LogP contribution in [-0.2, 0) is 14.3 Å². The maximum atomic E-state index is 11.0. The third kappa shape index (κ3) is 6.64. The molecule has 6 nitrogen and oxygen atoms in total. The third-order valence-corrected chi connectivity index (χ3v) is 6.63. The minimum absolute atomic E-state index is 0.0421. The maximum Gasteiger partial charge on any atom is 0.305 e. The highest BCUT2D eigenvalue weighted by Gasteiger charge is 2.56. The maximum absolute atomic E-state index is 11.0. The molecule has 0 radical (unpaired) electrons. The fraction of sp³-hybridized carbons (Fsp3) is 0.792. The van der Waals surface area contributed by atoms with Crippen LogP contribution in [0.2, 0.25) is 0 Å². The van der Waals surface area contributed by atoms with E-state index in [0.29, 0.717) is 11.8 Å². The predicted octanol–water partition coefficient (Wildman–Crippen LogP) is 3.71. The highest BCUT2D eigenvalue weighted by atomic mass is 16.6. The molecule has 2 aliphatic rings. The summed E-state index contributed by atoms with van der Waals surface area (Å²) in [6.45, 7) is 11.9. The smallest absolute Gasteiger partial charge is 0.305 e. The van der Waals surface area contributed by atoms with Crippen LogP contribution in [0.15, 0.2) is 23.8 Å². The molecule has 6 heteroatoms. The summed E-state index contributed by atoms with van der Waals surface area (Å²) in [6, 6.07) is 0. The van der Waals surface area contributed by atoms with Crippen molar-refractivity contribution >= 4 is 5.97 Å². The number of aliphatic hydroxyl groups is 2. The van der Waals surface area contributed by atoms with Crippen molar-refractivity contribution in [2.24, 2.45) is 17.8 Å². The fourth-order valence-corrected chi connectivity index (χ4v) is 4.81. The van der Waals surface area contributed by atoms with E-state index in [1.807, 2.05) is 19.9 Å². The van der Waals surface area contributed by atoms with Crippen LogP contribution in [0.25, 0.3) is 0 Å². The first-order chi connectivity index (χ1) is 13.9. The minimum Gasteiger partial charge on any atom is -0.481 e. The number of ether oxygens (including phenoxy) is 2. The van der Waals surface area contributed by atoms with E-state index in [4.69, 9.17) is 14.6 Å². The first-order valence-corrected chi connectivity index (χ1v) is 11.2. The van der Waals surface area contributed by atoms with Crippen molar-refractivity contribution in [3.05, 3.63) is 23.8 Å². The average molecular weight is 425 g/mol. The SMILES string of the molecule is CC(=CC=CC(C)CC1(C)OC1C(C)C(O)C(C)O)C1OC(CC(=O)O)CCC1C. The second kappa shape index (κ2) is 10.4. The van der Waals surface area contributed by atoms with Crippen LogP contribution in [0.4, 0.5) is 0 Å². The number of carboxylic acids is 1. The molecule has 2 aliphatic heterocycles. The van der Waals surface area contributed by atoms with Gasteiger partial charge in [0.15, 0.2) is 0 Å².